The van der Waals surface area contributed by atoms with Crippen LogP contribution in [-0.2, 0) is 19.2 Å². The summed E-state index contributed by atoms with van der Waals surface area (Å²) in [5.41, 5.74) is 2.24. The molecule has 2 heterocycles. The number of carbonyl (C=O) groups excluding carboxylic acids is 1. The summed E-state index contributed by atoms with van der Waals surface area (Å²) in [5, 5.41) is 10.2. The third-order valence-electron chi connectivity index (χ3n) is 5.84. The van der Waals surface area contributed by atoms with Gasteiger partial charge in [0.05, 0.1) is 17.0 Å². The Morgan fingerprint density at radius 1 is 1.31 bits per heavy atom. The van der Waals surface area contributed by atoms with Gasteiger partial charge in [0.1, 0.15) is 18.2 Å². The Kier molecular flexibility index (Phi) is 8.30. The molecule has 2 aromatic heterocycles. The molecule has 4 rings (SSSR count). The number of rotatable bonds is 10. The van der Waals surface area contributed by atoms with Gasteiger partial charge in [-0.05, 0) is 59.9 Å². The molecule has 1 aliphatic carbocycles. The predicted octanol–water partition coefficient (Wildman–Crippen LogP) is 4.07. The lowest BCUT2D eigenvalue weighted by Gasteiger charge is -2.16. The van der Waals surface area contributed by atoms with Gasteiger partial charge in [-0.2, -0.15) is 8.42 Å². The molecule has 0 aliphatic heterocycles. The van der Waals surface area contributed by atoms with E-state index in [9.17, 15) is 13.2 Å². The van der Waals surface area contributed by atoms with Gasteiger partial charge in [-0.25, -0.2) is 15.1 Å². The predicted molar refractivity (Wildman–Crippen MR) is 137 cm³/mol. The molecule has 0 amide bonds. The average Bonchev–Trinajstić information content (AvgIpc) is 3.48. The van der Waals surface area contributed by atoms with Crippen LogP contribution in [0.4, 0.5) is 5.82 Å². The van der Waals surface area contributed by atoms with Crippen molar-refractivity contribution in [1.82, 2.24) is 9.97 Å². The molecule has 0 radical (unpaired) electrons. The number of ether oxygens (including phenoxy) is 1. The summed E-state index contributed by atoms with van der Waals surface area (Å²) in [6.07, 6.45) is 4.86. The van der Waals surface area contributed by atoms with E-state index >= 15 is 0 Å². The standard InChI is InChI=1S/C23H25BrN4O5S2/c1-32-22(15-3-2-4-17(24)8-15)16-9-20(34-12-16)21(29)19-10-26-13-27-23(19)28-18-6-5-14(7-18)11-33-35(25,30)31/h2-4,8-10,12-14,18,22H,5-7,11H2,1H3,(H2,25,30,31)(H,26,27,28)/t14-,18+,22?/m1/s1. The number of hydrogen-bond acceptors (Lipinski definition) is 9. The zero-order chi connectivity index (χ0) is 25.0. The highest BCUT2D eigenvalue weighted by molar-refractivity contribution is 9.10. The topological polar surface area (TPSA) is 134 Å². The summed E-state index contributed by atoms with van der Waals surface area (Å²) in [6.45, 7) is 0.0448. The maximum atomic E-state index is 13.4. The first-order valence-corrected chi connectivity index (χ1v) is 14.0. The van der Waals surface area contributed by atoms with Gasteiger partial charge in [0.15, 0.2) is 0 Å². The number of carbonyl (C=O) groups is 1. The number of methoxy groups -OCH3 is 1. The second-order valence-electron chi connectivity index (χ2n) is 8.33. The highest BCUT2D eigenvalue weighted by Gasteiger charge is 2.28. The molecule has 1 unspecified atom stereocenters. The molecule has 3 atom stereocenters. The van der Waals surface area contributed by atoms with E-state index in [0.29, 0.717) is 22.7 Å². The van der Waals surface area contributed by atoms with Crippen LogP contribution < -0.4 is 10.5 Å². The summed E-state index contributed by atoms with van der Waals surface area (Å²) in [4.78, 5) is 22.3. The lowest BCUT2D eigenvalue weighted by molar-refractivity contribution is 0.104. The largest absolute Gasteiger partial charge is 0.372 e. The van der Waals surface area contributed by atoms with E-state index in [-0.39, 0.29) is 30.5 Å². The molecule has 1 aromatic carbocycles. The molecule has 3 aromatic rings. The summed E-state index contributed by atoms with van der Waals surface area (Å²) >= 11 is 4.83. The van der Waals surface area contributed by atoms with Crippen molar-refractivity contribution in [2.45, 2.75) is 31.4 Å². The van der Waals surface area contributed by atoms with Crippen molar-refractivity contribution in [2.75, 3.05) is 19.0 Å². The zero-order valence-electron chi connectivity index (χ0n) is 18.9. The Hall–Kier alpha value is -2.22. The van der Waals surface area contributed by atoms with Gasteiger partial charge in [-0.3, -0.25) is 8.98 Å². The van der Waals surface area contributed by atoms with Crippen LogP contribution in [0.25, 0.3) is 0 Å². The number of nitrogens with zero attached hydrogens (tertiary/aromatic N) is 2. The number of aromatic nitrogens is 2. The smallest absolute Gasteiger partial charge is 0.333 e. The van der Waals surface area contributed by atoms with Crippen molar-refractivity contribution < 1.29 is 22.1 Å². The fraction of sp³-hybridized carbons (Fsp3) is 0.348. The summed E-state index contributed by atoms with van der Waals surface area (Å²) < 4.78 is 33.5. The minimum atomic E-state index is -3.96. The van der Waals surface area contributed by atoms with Crippen LogP contribution in [-0.4, -0.2) is 43.9 Å². The fourth-order valence-electron chi connectivity index (χ4n) is 4.23. The van der Waals surface area contributed by atoms with Crippen molar-refractivity contribution in [3.63, 3.8) is 0 Å². The fourth-order valence-corrected chi connectivity index (χ4v) is 5.90. The highest BCUT2D eigenvalue weighted by atomic mass is 79.9. The summed E-state index contributed by atoms with van der Waals surface area (Å²) in [5.74, 6) is 0.324. The lowest BCUT2D eigenvalue weighted by Crippen LogP contribution is -2.22. The molecular weight excluding hydrogens is 556 g/mol. The van der Waals surface area contributed by atoms with Gasteiger partial charge < -0.3 is 10.1 Å². The van der Waals surface area contributed by atoms with Crippen molar-refractivity contribution in [1.29, 1.82) is 0 Å². The Labute approximate surface area is 216 Å². The number of ketones is 1. The van der Waals surface area contributed by atoms with Crippen LogP contribution in [0.2, 0.25) is 0 Å². The first-order valence-electron chi connectivity index (χ1n) is 10.9. The van der Waals surface area contributed by atoms with E-state index in [0.717, 1.165) is 28.4 Å². The maximum Gasteiger partial charge on any atom is 0.333 e. The molecule has 0 bridgehead atoms. The van der Waals surface area contributed by atoms with Gasteiger partial charge in [-0.1, -0.05) is 28.1 Å². The number of anilines is 1. The molecule has 0 saturated heterocycles. The van der Waals surface area contributed by atoms with Gasteiger partial charge >= 0.3 is 10.3 Å². The van der Waals surface area contributed by atoms with E-state index in [1.54, 1.807) is 7.11 Å². The number of nitrogens with one attached hydrogen (secondary N) is 1. The van der Waals surface area contributed by atoms with Crippen molar-refractivity contribution in [2.24, 2.45) is 11.1 Å². The molecule has 1 saturated carbocycles. The normalized spacial score (nSPS) is 18.9. The van der Waals surface area contributed by atoms with E-state index in [1.165, 1.54) is 23.9 Å². The first kappa shape index (κ1) is 25.9. The SMILES string of the molecule is COC(c1cccc(Br)c1)c1csc(C(=O)c2cncnc2N[C@H]2CC[C@@H](COS(N)(=O)=O)C2)c1. The second-order valence-corrected chi connectivity index (χ2v) is 11.4. The Bertz CT molecular complexity index is 1300. The first-order chi connectivity index (χ1) is 16.7. The van der Waals surface area contributed by atoms with Crippen LogP contribution in [0.3, 0.4) is 0 Å². The average molecular weight is 582 g/mol. The highest BCUT2D eigenvalue weighted by Crippen LogP contribution is 2.33. The van der Waals surface area contributed by atoms with Gasteiger partial charge in [0.25, 0.3) is 0 Å². The quantitative estimate of drug-likeness (QED) is 0.343. The molecule has 35 heavy (non-hydrogen) atoms. The molecule has 12 heteroatoms. The van der Waals surface area contributed by atoms with E-state index in [1.807, 2.05) is 35.7 Å². The van der Waals surface area contributed by atoms with Crippen LogP contribution in [0.1, 0.15) is 51.7 Å². The number of benzene rings is 1. The van der Waals surface area contributed by atoms with E-state index in [2.05, 4.69) is 31.2 Å². The lowest BCUT2D eigenvalue weighted by atomic mass is 10.0. The minimum absolute atomic E-state index is 0.0267. The van der Waals surface area contributed by atoms with Gasteiger partial charge in [0.2, 0.25) is 5.78 Å². The number of thiophene rings is 1. The van der Waals surface area contributed by atoms with Crippen LogP contribution >= 0.6 is 27.3 Å². The third kappa shape index (κ3) is 6.72. The molecule has 3 N–H and O–H groups in total. The van der Waals surface area contributed by atoms with E-state index in [4.69, 9.17) is 14.1 Å². The van der Waals surface area contributed by atoms with Crippen molar-refractivity contribution in [3.8, 4) is 0 Å². The van der Waals surface area contributed by atoms with Crippen LogP contribution in [0.5, 0.6) is 0 Å². The molecule has 0 spiro atoms. The molecular formula is C23H25BrN4O5S2. The molecule has 186 valence electrons. The molecule has 1 aliphatic rings. The number of hydrogen-bond donors (Lipinski definition) is 2. The zero-order valence-corrected chi connectivity index (χ0v) is 22.1. The summed E-state index contributed by atoms with van der Waals surface area (Å²) in [7, 11) is -2.32. The molecule has 9 nitrogen and oxygen atoms in total. The summed E-state index contributed by atoms with van der Waals surface area (Å²) in [6, 6.07) is 9.73. The second kappa shape index (κ2) is 11.2. The Balaban J connectivity index is 1.47. The van der Waals surface area contributed by atoms with Crippen LogP contribution in [0.15, 0.2) is 52.7 Å². The van der Waals surface area contributed by atoms with Crippen LogP contribution in [0, 0.1) is 5.92 Å². The van der Waals surface area contributed by atoms with E-state index < -0.39 is 10.3 Å². The third-order valence-corrected chi connectivity index (χ3v) is 7.75. The number of nitrogens with two attached hydrogens (primary N) is 1. The number of halogens is 1. The molecule has 1 fully saturated rings. The monoisotopic (exact) mass is 580 g/mol. The minimum Gasteiger partial charge on any atom is -0.372 e. The van der Waals surface area contributed by atoms with Crippen molar-refractivity contribution >= 4 is 49.2 Å². The van der Waals surface area contributed by atoms with Gasteiger partial charge in [0, 0.05) is 23.8 Å². The maximum absolute atomic E-state index is 13.4. The van der Waals surface area contributed by atoms with Crippen molar-refractivity contribution in [3.05, 3.63) is 74.3 Å². The van der Waals surface area contributed by atoms with Gasteiger partial charge in [-0.15, -0.1) is 11.3 Å². The Morgan fingerprint density at radius 2 is 2.14 bits per heavy atom. The Morgan fingerprint density at radius 3 is 2.89 bits per heavy atom.